The van der Waals surface area contributed by atoms with Crippen LogP contribution in [-0.4, -0.2) is 21.8 Å². The lowest BCUT2D eigenvalue weighted by Crippen LogP contribution is -2.38. The van der Waals surface area contributed by atoms with E-state index in [1.165, 1.54) is 12.1 Å². The molecule has 6 heteroatoms. The molecule has 2 aromatic rings. The summed E-state index contributed by atoms with van der Waals surface area (Å²) >= 11 is 0. The highest BCUT2D eigenvalue weighted by atomic mass is 16.6. The summed E-state index contributed by atoms with van der Waals surface area (Å²) in [5, 5.41) is 11.0. The monoisotopic (exact) mass is 326 g/mol. The lowest BCUT2D eigenvalue weighted by atomic mass is 10.1. The van der Waals surface area contributed by atoms with E-state index in [2.05, 4.69) is 0 Å². The number of hydrogen-bond acceptors (Lipinski definition) is 4. The molecule has 2 aromatic carbocycles. The van der Waals surface area contributed by atoms with E-state index in [4.69, 9.17) is 4.74 Å². The maximum atomic E-state index is 12.7. The summed E-state index contributed by atoms with van der Waals surface area (Å²) in [5.74, 6) is 0.441. The summed E-state index contributed by atoms with van der Waals surface area (Å²) < 4.78 is 5.81. The molecule has 1 unspecified atom stereocenters. The molecule has 1 heterocycles. The zero-order chi connectivity index (χ0) is 17.1. The molecule has 0 aliphatic carbocycles. The highest BCUT2D eigenvalue weighted by molar-refractivity contribution is 5.82. The fraction of sp³-hybridized carbons (Fsp3) is 0.278. The summed E-state index contributed by atoms with van der Waals surface area (Å²) in [7, 11) is 0. The van der Waals surface area contributed by atoms with Gasteiger partial charge in [-0.15, -0.1) is 0 Å². The Morgan fingerprint density at radius 3 is 2.67 bits per heavy atom. The molecule has 1 amide bonds. The van der Waals surface area contributed by atoms with Crippen molar-refractivity contribution in [2.75, 3.05) is 0 Å². The average molecular weight is 326 g/mol. The van der Waals surface area contributed by atoms with Gasteiger partial charge in [-0.2, -0.15) is 0 Å². The van der Waals surface area contributed by atoms with Gasteiger partial charge in [0.05, 0.1) is 11.5 Å². The summed E-state index contributed by atoms with van der Waals surface area (Å²) in [6.45, 7) is 2.63. The molecule has 0 fully saturated rings. The van der Waals surface area contributed by atoms with Gasteiger partial charge in [0, 0.05) is 24.2 Å². The van der Waals surface area contributed by atoms with Crippen molar-refractivity contribution >= 4 is 11.6 Å². The molecule has 124 valence electrons. The van der Waals surface area contributed by atoms with Crippen molar-refractivity contribution in [3.8, 4) is 5.75 Å². The van der Waals surface area contributed by atoms with Crippen LogP contribution in [0.3, 0.4) is 0 Å². The van der Waals surface area contributed by atoms with Gasteiger partial charge < -0.3 is 9.64 Å². The van der Waals surface area contributed by atoms with Crippen LogP contribution in [0.5, 0.6) is 5.75 Å². The van der Waals surface area contributed by atoms with Crippen LogP contribution in [0.2, 0.25) is 0 Å². The molecule has 1 aliphatic heterocycles. The Morgan fingerprint density at radius 1 is 1.25 bits per heavy atom. The van der Waals surface area contributed by atoms with E-state index in [0.29, 0.717) is 30.8 Å². The topological polar surface area (TPSA) is 72.7 Å². The molecule has 24 heavy (non-hydrogen) atoms. The Morgan fingerprint density at radius 2 is 2.00 bits per heavy atom. The van der Waals surface area contributed by atoms with Crippen LogP contribution in [0, 0.1) is 10.1 Å². The second-order valence-corrected chi connectivity index (χ2v) is 5.74. The van der Waals surface area contributed by atoms with Crippen molar-refractivity contribution in [1.29, 1.82) is 0 Å². The Bertz CT molecular complexity index is 761. The first kappa shape index (κ1) is 16.0. The summed E-state index contributed by atoms with van der Waals surface area (Å²) in [4.78, 5) is 25.0. The highest BCUT2D eigenvalue weighted by Crippen LogP contribution is 2.30. The number of fused-ring (bicyclic) bond motifs is 1. The second kappa shape index (κ2) is 6.70. The first-order chi connectivity index (χ1) is 11.6. The molecule has 0 saturated heterocycles. The van der Waals surface area contributed by atoms with Crippen LogP contribution >= 0.6 is 0 Å². The van der Waals surface area contributed by atoms with E-state index < -0.39 is 11.0 Å². The highest BCUT2D eigenvalue weighted by Gasteiger charge is 2.30. The molecule has 3 rings (SSSR count). The number of amides is 1. The average Bonchev–Trinajstić information content (AvgIpc) is 2.72. The van der Waals surface area contributed by atoms with E-state index >= 15 is 0 Å². The van der Waals surface area contributed by atoms with E-state index in [1.54, 1.807) is 11.0 Å². The lowest BCUT2D eigenvalue weighted by molar-refractivity contribution is -0.384. The first-order valence-electron chi connectivity index (χ1n) is 7.85. The molecule has 0 radical (unpaired) electrons. The van der Waals surface area contributed by atoms with E-state index in [1.807, 2.05) is 37.3 Å². The first-order valence-corrected chi connectivity index (χ1v) is 7.85. The molecule has 1 atom stereocenters. The SMILES string of the molecule is CCC1Oc2ccc([N+](=O)[O-])cc2CN(Cc2ccccc2)C1=O. The van der Waals surface area contributed by atoms with Gasteiger partial charge in [0.1, 0.15) is 5.75 Å². The zero-order valence-corrected chi connectivity index (χ0v) is 13.3. The Kier molecular flexibility index (Phi) is 4.46. The van der Waals surface area contributed by atoms with E-state index in [-0.39, 0.29) is 11.6 Å². The third-order valence-corrected chi connectivity index (χ3v) is 4.06. The van der Waals surface area contributed by atoms with Gasteiger partial charge in [-0.3, -0.25) is 14.9 Å². The number of nitro groups is 1. The van der Waals surface area contributed by atoms with Gasteiger partial charge in [0.25, 0.3) is 11.6 Å². The van der Waals surface area contributed by atoms with E-state index in [9.17, 15) is 14.9 Å². The molecule has 1 aliphatic rings. The number of carbonyl (C=O) groups is 1. The molecular weight excluding hydrogens is 308 g/mol. The van der Waals surface area contributed by atoms with Crippen molar-refractivity contribution in [2.24, 2.45) is 0 Å². The Balaban J connectivity index is 1.95. The maximum absolute atomic E-state index is 12.7. The van der Waals surface area contributed by atoms with Gasteiger partial charge in [0.15, 0.2) is 6.10 Å². The van der Waals surface area contributed by atoms with Gasteiger partial charge in [-0.05, 0) is 18.1 Å². The summed E-state index contributed by atoms with van der Waals surface area (Å²) in [6, 6.07) is 14.1. The minimum Gasteiger partial charge on any atom is -0.480 e. The summed E-state index contributed by atoms with van der Waals surface area (Å²) in [6.07, 6.45) is -0.0305. The Hall–Kier alpha value is -2.89. The molecule has 0 aromatic heterocycles. The molecule has 0 N–H and O–H groups in total. The van der Waals surface area contributed by atoms with Crippen molar-refractivity contribution in [2.45, 2.75) is 32.5 Å². The molecule has 0 saturated carbocycles. The smallest absolute Gasteiger partial charge is 0.270 e. The van der Waals surface area contributed by atoms with Crippen molar-refractivity contribution < 1.29 is 14.5 Å². The standard InChI is InChI=1S/C18H18N2O4/c1-2-16-18(21)19(11-13-6-4-3-5-7-13)12-14-10-15(20(22)23)8-9-17(14)24-16/h3-10,16H,2,11-12H2,1H3. The molecule has 0 bridgehead atoms. The zero-order valence-electron chi connectivity index (χ0n) is 13.3. The van der Waals surface area contributed by atoms with Crippen LogP contribution in [0.4, 0.5) is 5.69 Å². The van der Waals surface area contributed by atoms with Crippen LogP contribution in [0.15, 0.2) is 48.5 Å². The van der Waals surface area contributed by atoms with Crippen LogP contribution in [0.25, 0.3) is 0 Å². The number of ether oxygens (including phenoxy) is 1. The number of non-ortho nitro benzene ring substituents is 1. The van der Waals surface area contributed by atoms with Crippen molar-refractivity contribution in [1.82, 2.24) is 4.90 Å². The molecule has 0 spiro atoms. The van der Waals surface area contributed by atoms with Gasteiger partial charge in [-0.25, -0.2) is 0 Å². The summed E-state index contributed by atoms with van der Waals surface area (Å²) in [5.41, 5.74) is 1.67. The third-order valence-electron chi connectivity index (χ3n) is 4.06. The van der Waals surface area contributed by atoms with Gasteiger partial charge >= 0.3 is 0 Å². The normalized spacial score (nSPS) is 17.0. The van der Waals surface area contributed by atoms with Gasteiger partial charge in [0.2, 0.25) is 0 Å². The van der Waals surface area contributed by atoms with E-state index in [0.717, 1.165) is 5.56 Å². The number of nitrogens with zero attached hydrogens (tertiary/aromatic N) is 2. The predicted octanol–water partition coefficient (Wildman–Crippen LogP) is 3.29. The molecular formula is C18H18N2O4. The Labute approximate surface area is 139 Å². The largest absolute Gasteiger partial charge is 0.480 e. The van der Waals surface area contributed by atoms with Crippen LogP contribution in [0.1, 0.15) is 24.5 Å². The number of nitro benzene ring substituents is 1. The number of hydrogen-bond donors (Lipinski definition) is 0. The van der Waals surface area contributed by atoms with Crippen molar-refractivity contribution in [3.63, 3.8) is 0 Å². The lowest BCUT2D eigenvalue weighted by Gasteiger charge is -2.23. The number of carbonyl (C=O) groups excluding carboxylic acids is 1. The quantitative estimate of drug-likeness (QED) is 0.638. The maximum Gasteiger partial charge on any atom is 0.270 e. The fourth-order valence-electron chi connectivity index (χ4n) is 2.80. The third kappa shape index (κ3) is 3.22. The van der Waals surface area contributed by atoms with Crippen LogP contribution in [-0.2, 0) is 17.9 Å². The second-order valence-electron chi connectivity index (χ2n) is 5.74. The number of rotatable bonds is 4. The number of benzene rings is 2. The minimum atomic E-state index is -0.573. The van der Waals surface area contributed by atoms with Gasteiger partial charge in [-0.1, -0.05) is 37.3 Å². The van der Waals surface area contributed by atoms with Crippen LogP contribution < -0.4 is 4.74 Å². The minimum absolute atomic E-state index is 0.000548. The van der Waals surface area contributed by atoms with Crippen molar-refractivity contribution in [3.05, 3.63) is 69.8 Å². The predicted molar refractivity (Wildman–Crippen MR) is 88.5 cm³/mol. The fourth-order valence-corrected chi connectivity index (χ4v) is 2.80. The molecule has 6 nitrogen and oxygen atoms in total.